The van der Waals surface area contributed by atoms with E-state index in [1.165, 1.54) is 11.4 Å². The minimum Gasteiger partial charge on any atom is -0.497 e. The molecule has 2 aromatic rings. The maximum absolute atomic E-state index is 13.5. The summed E-state index contributed by atoms with van der Waals surface area (Å²) in [5.74, 6) is 0.106. The highest BCUT2D eigenvalue weighted by Gasteiger charge is 2.38. The summed E-state index contributed by atoms with van der Waals surface area (Å²) in [5, 5.41) is 2.99. The van der Waals surface area contributed by atoms with Crippen LogP contribution in [0.3, 0.4) is 0 Å². The molecule has 9 heteroatoms. The molecule has 35 heavy (non-hydrogen) atoms. The first-order chi connectivity index (χ1) is 16.9. The van der Waals surface area contributed by atoms with Crippen LogP contribution in [-0.2, 0) is 14.8 Å². The first-order valence-corrected chi connectivity index (χ1v) is 13.6. The summed E-state index contributed by atoms with van der Waals surface area (Å²) in [6.45, 7) is 1.98. The van der Waals surface area contributed by atoms with E-state index in [-0.39, 0.29) is 22.6 Å². The first-order valence-electron chi connectivity index (χ1n) is 12.2. The number of methoxy groups -OCH3 is 1. The predicted molar refractivity (Wildman–Crippen MR) is 133 cm³/mol. The van der Waals surface area contributed by atoms with Crippen molar-refractivity contribution in [1.82, 2.24) is 14.5 Å². The third kappa shape index (κ3) is 5.85. The Bertz CT molecular complexity index is 1110. The summed E-state index contributed by atoms with van der Waals surface area (Å²) in [5.41, 5.74) is 0.503. The monoisotopic (exact) mass is 499 g/mol. The molecule has 2 aliphatic heterocycles. The van der Waals surface area contributed by atoms with Crippen LogP contribution in [0.25, 0.3) is 0 Å². The zero-order chi connectivity index (χ0) is 24.8. The summed E-state index contributed by atoms with van der Waals surface area (Å²) >= 11 is 0. The van der Waals surface area contributed by atoms with Crippen molar-refractivity contribution < 1.29 is 22.7 Å². The summed E-state index contributed by atoms with van der Waals surface area (Å²) < 4.78 is 32.9. The number of benzene rings is 2. The van der Waals surface area contributed by atoms with Gasteiger partial charge in [-0.05, 0) is 74.4 Å². The summed E-state index contributed by atoms with van der Waals surface area (Å²) in [6.07, 6.45) is 4.02. The average molecular weight is 500 g/mol. The number of amides is 2. The molecule has 0 radical (unpaired) electrons. The molecule has 2 heterocycles. The number of rotatable bonds is 7. The minimum absolute atomic E-state index is 0.0644. The molecule has 2 fully saturated rings. The predicted octanol–water partition coefficient (Wildman–Crippen LogP) is 2.91. The van der Waals surface area contributed by atoms with E-state index in [2.05, 4.69) is 5.32 Å². The van der Waals surface area contributed by atoms with Gasteiger partial charge in [-0.2, -0.15) is 4.31 Å². The van der Waals surface area contributed by atoms with Gasteiger partial charge in [-0.3, -0.25) is 9.59 Å². The molecule has 1 unspecified atom stereocenters. The number of hydrogen-bond donors (Lipinski definition) is 1. The number of nitrogens with one attached hydrogen (secondary N) is 1. The van der Waals surface area contributed by atoms with Crippen LogP contribution >= 0.6 is 0 Å². The van der Waals surface area contributed by atoms with Crippen molar-refractivity contribution in [3.63, 3.8) is 0 Å². The third-order valence-corrected chi connectivity index (χ3v) is 8.84. The fourth-order valence-corrected chi connectivity index (χ4v) is 6.32. The molecule has 1 N–H and O–H groups in total. The van der Waals surface area contributed by atoms with Crippen molar-refractivity contribution in [3.8, 4) is 5.75 Å². The van der Waals surface area contributed by atoms with Gasteiger partial charge in [0.1, 0.15) is 11.8 Å². The second-order valence-electron chi connectivity index (χ2n) is 9.12. The molecule has 2 amide bonds. The van der Waals surface area contributed by atoms with Gasteiger partial charge >= 0.3 is 0 Å². The van der Waals surface area contributed by atoms with E-state index in [0.717, 1.165) is 19.3 Å². The van der Waals surface area contributed by atoms with Crippen LogP contribution in [0.4, 0.5) is 0 Å². The standard InChI is InChI=1S/C26H33N3O5S/c1-34-22-10-12-23(13-11-22)35(32,33)29-18-14-20(15-19-29)24(26(31)28-16-6-3-7-17-28)27-25(30)21-8-4-2-5-9-21/h2,4-5,8-13,20,24H,3,6-7,14-19H2,1H3,(H,27,30). The lowest BCUT2D eigenvalue weighted by Gasteiger charge is -2.38. The SMILES string of the molecule is COc1ccc(S(=O)(=O)N2CCC(C(NC(=O)c3ccccc3)C(=O)N3CCCCC3)CC2)cc1. The van der Waals surface area contributed by atoms with E-state index >= 15 is 0 Å². The molecule has 0 aliphatic carbocycles. The van der Waals surface area contributed by atoms with Crippen LogP contribution in [0.2, 0.25) is 0 Å². The number of carbonyl (C=O) groups excluding carboxylic acids is 2. The van der Waals surface area contributed by atoms with Crippen molar-refractivity contribution in [2.24, 2.45) is 5.92 Å². The van der Waals surface area contributed by atoms with Gasteiger partial charge in [0.25, 0.3) is 5.91 Å². The van der Waals surface area contributed by atoms with Gasteiger partial charge in [-0.15, -0.1) is 0 Å². The Hall–Kier alpha value is -2.91. The first kappa shape index (κ1) is 25.2. The number of piperidine rings is 2. The number of hydrogen-bond acceptors (Lipinski definition) is 5. The molecular weight excluding hydrogens is 466 g/mol. The average Bonchev–Trinajstić information content (AvgIpc) is 2.92. The van der Waals surface area contributed by atoms with E-state index < -0.39 is 16.1 Å². The quantitative estimate of drug-likeness (QED) is 0.632. The fraction of sp³-hybridized carbons (Fsp3) is 0.462. The van der Waals surface area contributed by atoms with Crippen molar-refractivity contribution in [3.05, 3.63) is 60.2 Å². The number of nitrogens with zero attached hydrogens (tertiary/aromatic N) is 2. The second kappa shape index (κ2) is 11.2. The lowest BCUT2D eigenvalue weighted by molar-refractivity contribution is -0.135. The Labute approximate surface area is 207 Å². The van der Waals surface area contributed by atoms with Crippen LogP contribution in [0.15, 0.2) is 59.5 Å². The van der Waals surface area contributed by atoms with Gasteiger partial charge in [0.2, 0.25) is 15.9 Å². The maximum atomic E-state index is 13.5. The molecule has 0 bridgehead atoms. The van der Waals surface area contributed by atoms with E-state index in [4.69, 9.17) is 4.74 Å². The Morgan fingerprint density at radius 1 is 0.914 bits per heavy atom. The molecule has 0 spiro atoms. The van der Waals surface area contributed by atoms with Crippen LogP contribution in [0.5, 0.6) is 5.75 Å². The molecule has 0 aromatic heterocycles. The lowest BCUT2D eigenvalue weighted by Crippen LogP contribution is -2.55. The zero-order valence-electron chi connectivity index (χ0n) is 20.1. The summed E-state index contributed by atoms with van der Waals surface area (Å²) in [6, 6.07) is 14.5. The Morgan fingerprint density at radius 3 is 2.14 bits per heavy atom. The van der Waals surface area contributed by atoms with E-state index in [0.29, 0.717) is 50.3 Å². The van der Waals surface area contributed by atoms with E-state index in [1.807, 2.05) is 11.0 Å². The van der Waals surface area contributed by atoms with Crippen LogP contribution in [-0.4, -0.2) is 68.8 Å². The Balaban J connectivity index is 1.48. The highest BCUT2D eigenvalue weighted by atomic mass is 32.2. The normalized spacial score (nSPS) is 18.6. The molecule has 0 saturated carbocycles. The second-order valence-corrected chi connectivity index (χ2v) is 11.1. The Morgan fingerprint density at radius 2 is 1.54 bits per heavy atom. The Kier molecular flexibility index (Phi) is 8.07. The molecule has 4 rings (SSSR count). The van der Waals surface area contributed by atoms with Crippen molar-refractivity contribution in [2.75, 3.05) is 33.3 Å². The largest absolute Gasteiger partial charge is 0.497 e. The van der Waals surface area contributed by atoms with Gasteiger partial charge in [-0.1, -0.05) is 18.2 Å². The van der Waals surface area contributed by atoms with Crippen molar-refractivity contribution in [1.29, 1.82) is 0 Å². The van der Waals surface area contributed by atoms with Crippen LogP contribution < -0.4 is 10.1 Å². The van der Waals surface area contributed by atoms with E-state index in [1.54, 1.807) is 48.5 Å². The molecule has 2 aliphatic rings. The van der Waals surface area contributed by atoms with Gasteiger partial charge in [0.15, 0.2) is 0 Å². The number of sulfonamides is 1. The molecule has 188 valence electrons. The molecule has 2 saturated heterocycles. The van der Waals surface area contributed by atoms with Crippen molar-refractivity contribution >= 4 is 21.8 Å². The molecular formula is C26H33N3O5S. The summed E-state index contributed by atoms with van der Waals surface area (Å²) in [4.78, 5) is 28.5. The minimum atomic E-state index is -3.65. The smallest absolute Gasteiger partial charge is 0.251 e. The van der Waals surface area contributed by atoms with Crippen LogP contribution in [0.1, 0.15) is 42.5 Å². The van der Waals surface area contributed by atoms with E-state index in [9.17, 15) is 18.0 Å². The van der Waals surface area contributed by atoms with Gasteiger partial charge in [0, 0.05) is 31.7 Å². The van der Waals surface area contributed by atoms with Gasteiger partial charge in [-0.25, -0.2) is 8.42 Å². The topological polar surface area (TPSA) is 96.0 Å². The molecule has 8 nitrogen and oxygen atoms in total. The number of likely N-dealkylation sites (tertiary alicyclic amines) is 1. The fourth-order valence-electron chi connectivity index (χ4n) is 4.85. The van der Waals surface area contributed by atoms with Crippen molar-refractivity contribution in [2.45, 2.75) is 43.0 Å². The zero-order valence-corrected chi connectivity index (χ0v) is 20.9. The highest BCUT2D eigenvalue weighted by Crippen LogP contribution is 2.28. The highest BCUT2D eigenvalue weighted by molar-refractivity contribution is 7.89. The lowest BCUT2D eigenvalue weighted by atomic mass is 9.88. The number of ether oxygens (including phenoxy) is 1. The van der Waals surface area contributed by atoms with Crippen LogP contribution in [0, 0.1) is 5.92 Å². The van der Waals surface area contributed by atoms with Gasteiger partial charge in [0.05, 0.1) is 12.0 Å². The molecule has 1 atom stereocenters. The maximum Gasteiger partial charge on any atom is 0.251 e. The summed E-state index contributed by atoms with van der Waals surface area (Å²) in [7, 11) is -2.11. The van der Waals surface area contributed by atoms with Gasteiger partial charge < -0.3 is 15.0 Å². The number of carbonyl (C=O) groups is 2. The third-order valence-electron chi connectivity index (χ3n) is 6.92. The molecule has 2 aromatic carbocycles.